The summed E-state index contributed by atoms with van der Waals surface area (Å²) < 4.78 is 5.14. The normalized spacial score (nSPS) is 12.4. The maximum Gasteiger partial charge on any atom is 0.306 e. The zero-order valence-electron chi connectivity index (χ0n) is 11.2. The summed E-state index contributed by atoms with van der Waals surface area (Å²) in [5.41, 5.74) is 1.00. The molecule has 0 saturated carbocycles. The van der Waals surface area contributed by atoms with Gasteiger partial charge in [-0.05, 0) is 51.2 Å². The number of benzene rings is 1. The van der Waals surface area contributed by atoms with E-state index in [9.17, 15) is 9.90 Å². The molecule has 1 atom stereocenters. The second-order valence-corrected chi connectivity index (χ2v) is 4.68. The van der Waals surface area contributed by atoms with Gasteiger partial charge < -0.3 is 14.7 Å². The largest absolute Gasteiger partial charge is 0.497 e. The first-order chi connectivity index (χ1) is 8.52. The number of carboxylic acids is 1. The lowest BCUT2D eigenvalue weighted by Gasteiger charge is -2.16. The zero-order chi connectivity index (χ0) is 13.5. The molecule has 0 aliphatic heterocycles. The number of hydrogen-bond acceptors (Lipinski definition) is 3. The quantitative estimate of drug-likeness (QED) is 0.804. The van der Waals surface area contributed by atoms with E-state index in [-0.39, 0.29) is 5.92 Å². The van der Waals surface area contributed by atoms with Crippen LogP contribution in [0.2, 0.25) is 0 Å². The highest BCUT2D eigenvalue weighted by Gasteiger charge is 2.18. The van der Waals surface area contributed by atoms with Crippen LogP contribution in [0.25, 0.3) is 0 Å². The molecule has 0 saturated heterocycles. The lowest BCUT2D eigenvalue weighted by molar-refractivity contribution is -0.142. The van der Waals surface area contributed by atoms with Crippen LogP contribution in [0.1, 0.15) is 12.0 Å². The number of ether oxygens (including phenoxy) is 1. The van der Waals surface area contributed by atoms with E-state index in [1.54, 1.807) is 7.11 Å². The van der Waals surface area contributed by atoms with Gasteiger partial charge in [-0.25, -0.2) is 0 Å². The van der Waals surface area contributed by atoms with Gasteiger partial charge in [0.1, 0.15) is 5.75 Å². The van der Waals surface area contributed by atoms with Gasteiger partial charge in [-0.2, -0.15) is 0 Å². The van der Waals surface area contributed by atoms with Gasteiger partial charge in [-0.3, -0.25) is 4.79 Å². The van der Waals surface area contributed by atoms with Crippen LogP contribution in [-0.4, -0.2) is 43.7 Å². The van der Waals surface area contributed by atoms with Crippen molar-refractivity contribution in [2.45, 2.75) is 12.8 Å². The first-order valence-corrected chi connectivity index (χ1v) is 6.03. The molecule has 0 aromatic heterocycles. The Morgan fingerprint density at radius 2 is 2.17 bits per heavy atom. The highest BCUT2D eigenvalue weighted by molar-refractivity contribution is 5.70. The molecule has 1 N–H and O–H groups in total. The third-order valence-electron chi connectivity index (χ3n) is 2.89. The second-order valence-electron chi connectivity index (χ2n) is 4.68. The summed E-state index contributed by atoms with van der Waals surface area (Å²) in [6.07, 6.45) is 1.19. The lowest BCUT2D eigenvalue weighted by atomic mass is 9.96. The van der Waals surface area contributed by atoms with E-state index in [0.29, 0.717) is 12.8 Å². The van der Waals surface area contributed by atoms with Crippen LogP contribution in [-0.2, 0) is 11.2 Å². The molecule has 1 unspecified atom stereocenters. The number of aliphatic carboxylic acids is 1. The lowest BCUT2D eigenvalue weighted by Crippen LogP contribution is -2.23. The van der Waals surface area contributed by atoms with Crippen molar-refractivity contribution in [1.29, 1.82) is 0 Å². The molecule has 0 aliphatic carbocycles. The van der Waals surface area contributed by atoms with Crippen molar-refractivity contribution in [1.82, 2.24) is 4.90 Å². The van der Waals surface area contributed by atoms with Crippen LogP contribution >= 0.6 is 0 Å². The average Bonchev–Trinajstić information content (AvgIpc) is 2.34. The van der Waals surface area contributed by atoms with Crippen LogP contribution < -0.4 is 4.74 Å². The van der Waals surface area contributed by atoms with E-state index in [2.05, 4.69) is 0 Å². The Bertz CT molecular complexity index is 390. The maximum absolute atomic E-state index is 11.2. The molecule has 0 radical (unpaired) electrons. The Morgan fingerprint density at radius 1 is 1.44 bits per heavy atom. The molecule has 0 bridgehead atoms. The minimum atomic E-state index is -0.736. The molecule has 0 fully saturated rings. The van der Waals surface area contributed by atoms with Crippen LogP contribution in [0.15, 0.2) is 24.3 Å². The first-order valence-electron chi connectivity index (χ1n) is 6.03. The fourth-order valence-electron chi connectivity index (χ4n) is 1.81. The Kier molecular flexibility index (Phi) is 5.65. The number of methoxy groups -OCH3 is 1. The third kappa shape index (κ3) is 4.75. The Morgan fingerprint density at radius 3 is 2.72 bits per heavy atom. The molecule has 100 valence electrons. The summed E-state index contributed by atoms with van der Waals surface area (Å²) in [6.45, 7) is 0.779. The number of nitrogens with zero attached hydrogens (tertiary/aromatic N) is 1. The molecular formula is C14H21NO3. The SMILES string of the molecule is COc1cccc(CC(CCN(C)C)C(=O)O)c1. The van der Waals surface area contributed by atoms with Crippen molar-refractivity contribution in [3.05, 3.63) is 29.8 Å². The van der Waals surface area contributed by atoms with Crippen molar-refractivity contribution in [3.8, 4) is 5.75 Å². The molecule has 1 aromatic rings. The summed E-state index contributed by atoms with van der Waals surface area (Å²) in [6, 6.07) is 7.58. The van der Waals surface area contributed by atoms with Gasteiger partial charge in [0.25, 0.3) is 0 Å². The number of carboxylic acid groups (broad SMARTS) is 1. The van der Waals surface area contributed by atoms with Crippen LogP contribution in [0, 0.1) is 5.92 Å². The van der Waals surface area contributed by atoms with E-state index >= 15 is 0 Å². The molecule has 1 aromatic carbocycles. The third-order valence-corrected chi connectivity index (χ3v) is 2.89. The van der Waals surface area contributed by atoms with Crippen molar-refractivity contribution < 1.29 is 14.6 Å². The number of carbonyl (C=O) groups is 1. The highest BCUT2D eigenvalue weighted by Crippen LogP contribution is 2.18. The van der Waals surface area contributed by atoms with Crippen LogP contribution in [0.5, 0.6) is 5.75 Å². The summed E-state index contributed by atoms with van der Waals surface area (Å²) in [4.78, 5) is 13.2. The van der Waals surface area contributed by atoms with E-state index in [1.807, 2.05) is 43.3 Å². The van der Waals surface area contributed by atoms with Gasteiger partial charge in [0, 0.05) is 0 Å². The summed E-state index contributed by atoms with van der Waals surface area (Å²) in [5, 5.41) is 9.22. The molecule has 0 spiro atoms. The summed E-state index contributed by atoms with van der Waals surface area (Å²) in [7, 11) is 5.51. The highest BCUT2D eigenvalue weighted by atomic mass is 16.5. The van der Waals surface area contributed by atoms with Crippen molar-refractivity contribution in [2.75, 3.05) is 27.7 Å². The number of hydrogen-bond donors (Lipinski definition) is 1. The molecular weight excluding hydrogens is 230 g/mol. The van der Waals surface area contributed by atoms with Gasteiger partial charge in [0.15, 0.2) is 0 Å². The van der Waals surface area contributed by atoms with E-state index in [1.165, 1.54) is 0 Å². The summed E-state index contributed by atoms with van der Waals surface area (Å²) in [5.74, 6) is -0.316. The first kappa shape index (κ1) is 14.5. The molecule has 1 rings (SSSR count). The molecule has 4 heteroatoms. The fourth-order valence-corrected chi connectivity index (χ4v) is 1.81. The average molecular weight is 251 g/mol. The van der Waals surface area contributed by atoms with E-state index in [4.69, 9.17) is 4.74 Å². The predicted octanol–water partition coefficient (Wildman–Crippen LogP) is 1.89. The standard InChI is InChI=1S/C14H21NO3/c1-15(2)8-7-12(14(16)17)9-11-5-4-6-13(10-11)18-3/h4-6,10,12H,7-9H2,1-3H3,(H,16,17). The monoisotopic (exact) mass is 251 g/mol. The van der Waals surface area contributed by atoms with Gasteiger partial charge >= 0.3 is 5.97 Å². The smallest absolute Gasteiger partial charge is 0.306 e. The number of rotatable bonds is 7. The Hall–Kier alpha value is -1.55. The van der Waals surface area contributed by atoms with Crippen LogP contribution in [0.4, 0.5) is 0 Å². The van der Waals surface area contributed by atoms with Gasteiger partial charge in [0.05, 0.1) is 13.0 Å². The molecule has 4 nitrogen and oxygen atoms in total. The molecule has 18 heavy (non-hydrogen) atoms. The predicted molar refractivity (Wildman–Crippen MR) is 71.0 cm³/mol. The second kappa shape index (κ2) is 7.01. The minimum absolute atomic E-state index is 0.348. The van der Waals surface area contributed by atoms with Gasteiger partial charge in [-0.15, -0.1) is 0 Å². The topological polar surface area (TPSA) is 49.8 Å². The zero-order valence-corrected chi connectivity index (χ0v) is 11.2. The molecule has 0 heterocycles. The van der Waals surface area contributed by atoms with Gasteiger partial charge in [0.2, 0.25) is 0 Å². The summed E-state index contributed by atoms with van der Waals surface area (Å²) >= 11 is 0. The fraction of sp³-hybridized carbons (Fsp3) is 0.500. The molecule has 0 amide bonds. The van der Waals surface area contributed by atoms with Crippen LogP contribution in [0.3, 0.4) is 0 Å². The Labute approximate surface area is 108 Å². The Balaban J connectivity index is 2.67. The van der Waals surface area contributed by atoms with Gasteiger partial charge in [-0.1, -0.05) is 12.1 Å². The van der Waals surface area contributed by atoms with Crippen molar-refractivity contribution in [3.63, 3.8) is 0 Å². The molecule has 0 aliphatic rings. The van der Waals surface area contributed by atoms with Crippen molar-refractivity contribution in [2.24, 2.45) is 5.92 Å². The maximum atomic E-state index is 11.2. The minimum Gasteiger partial charge on any atom is -0.497 e. The van der Waals surface area contributed by atoms with E-state index in [0.717, 1.165) is 17.9 Å². The van der Waals surface area contributed by atoms with E-state index < -0.39 is 5.97 Å². The van der Waals surface area contributed by atoms with Crippen molar-refractivity contribution >= 4 is 5.97 Å².